The van der Waals surface area contributed by atoms with Crippen LogP contribution in [0.15, 0.2) is 0 Å². The average molecular weight is 179 g/mol. The van der Waals surface area contributed by atoms with Gasteiger partial charge >= 0.3 is 0 Å². The van der Waals surface area contributed by atoms with Crippen LogP contribution in [-0.4, -0.2) is 43.1 Å². The van der Waals surface area contributed by atoms with E-state index in [1.165, 1.54) is 0 Å². The third-order valence-corrected chi connectivity index (χ3v) is 1.17. The van der Waals surface area contributed by atoms with Gasteiger partial charge in [0.15, 0.2) is 0 Å². The van der Waals surface area contributed by atoms with E-state index in [0.29, 0.717) is 26.1 Å². The number of aliphatic hydroxyl groups excluding tert-OH is 2. The van der Waals surface area contributed by atoms with Crippen molar-refractivity contribution in [2.75, 3.05) is 26.4 Å². The van der Waals surface area contributed by atoms with Gasteiger partial charge < -0.3 is 19.7 Å². The van der Waals surface area contributed by atoms with Crippen LogP contribution < -0.4 is 5.73 Å². The van der Waals surface area contributed by atoms with Crippen LogP contribution in [0, 0.1) is 0 Å². The summed E-state index contributed by atoms with van der Waals surface area (Å²) in [5.74, 6) is 0. The molecule has 0 aromatic heterocycles. The number of rotatable bonds is 8. The Morgan fingerprint density at radius 2 is 1.42 bits per heavy atom. The van der Waals surface area contributed by atoms with Crippen molar-refractivity contribution in [3.8, 4) is 0 Å². The zero-order valence-electron chi connectivity index (χ0n) is 7.11. The van der Waals surface area contributed by atoms with Gasteiger partial charge in [-0.3, -0.25) is 5.73 Å². The summed E-state index contributed by atoms with van der Waals surface area (Å²) in [5, 5.41) is 16.8. The first-order chi connectivity index (χ1) is 5.81. The predicted octanol–water partition coefficient (Wildman–Crippen LogP) is -0.973. The molecular weight excluding hydrogens is 162 g/mol. The van der Waals surface area contributed by atoms with Crippen molar-refractivity contribution in [2.45, 2.75) is 19.3 Å². The van der Waals surface area contributed by atoms with E-state index in [-0.39, 0.29) is 13.2 Å². The molecule has 4 N–H and O–H groups in total. The van der Waals surface area contributed by atoms with Crippen molar-refractivity contribution in [1.82, 2.24) is 0 Å². The monoisotopic (exact) mass is 179 g/mol. The number of hydrogen-bond donors (Lipinski definition) is 3. The fourth-order valence-corrected chi connectivity index (χ4v) is 0.576. The van der Waals surface area contributed by atoms with Crippen LogP contribution in [0.25, 0.3) is 0 Å². The summed E-state index contributed by atoms with van der Waals surface area (Å²) in [5.41, 5.74) is 5.35. The summed E-state index contributed by atoms with van der Waals surface area (Å²) in [4.78, 5) is 0. The Balaban J connectivity index is 3.04. The Labute approximate surface area is 72.1 Å². The maximum absolute atomic E-state index is 8.40. The van der Waals surface area contributed by atoms with E-state index in [1.54, 1.807) is 0 Å². The lowest BCUT2D eigenvalue weighted by atomic mass is 10.5. The van der Waals surface area contributed by atoms with Crippen LogP contribution in [0.2, 0.25) is 0 Å². The maximum atomic E-state index is 8.40. The predicted molar refractivity (Wildman–Crippen MR) is 43.3 cm³/mol. The average Bonchev–Trinajstić information content (AvgIpc) is 2.06. The van der Waals surface area contributed by atoms with Crippen LogP contribution in [0.4, 0.5) is 0 Å². The summed E-state index contributed by atoms with van der Waals surface area (Å²) < 4.78 is 9.89. The second-order valence-corrected chi connectivity index (χ2v) is 2.26. The van der Waals surface area contributed by atoms with Crippen molar-refractivity contribution in [2.24, 2.45) is 5.73 Å². The van der Waals surface area contributed by atoms with E-state index in [9.17, 15) is 0 Å². The molecule has 0 saturated heterocycles. The highest BCUT2D eigenvalue weighted by molar-refractivity contribution is 4.35. The summed E-state index contributed by atoms with van der Waals surface area (Å²) >= 11 is 0. The SMILES string of the molecule is NC(OCCCO)OCCCO. The maximum Gasteiger partial charge on any atom is 0.213 e. The van der Waals surface area contributed by atoms with Crippen LogP contribution in [0.3, 0.4) is 0 Å². The Kier molecular flexibility index (Phi) is 8.74. The van der Waals surface area contributed by atoms with Gasteiger partial charge in [0.2, 0.25) is 6.41 Å². The molecule has 0 aromatic rings. The standard InChI is InChI=1S/C7H17NO4/c8-7(11-5-1-3-9)12-6-2-4-10/h7,9-10H,1-6,8H2. The molecule has 0 atom stereocenters. The van der Waals surface area contributed by atoms with Crippen LogP contribution in [0.1, 0.15) is 12.8 Å². The summed E-state index contributed by atoms with van der Waals surface area (Å²) in [6.07, 6.45) is 0.358. The highest BCUT2D eigenvalue weighted by atomic mass is 16.7. The van der Waals surface area contributed by atoms with Gasteiger partial charge in [-0.1, -0.05) is 0 Å². The molecular formula is C7H17NO4. The first kappa shape index (κ1) is 11.8. The van der Waals surface area contributed by atoms with Crippen molar-refractivity contribution in [3.05, 3.63) is 0 Å². The molecule has 0 radical (unpaired) electrons. The molecule has 0 unspecified atom stereocenters. The highest BCUT2D eigenvalue weighted by Gasteiger charge is 2.00. The normalized spacial score (nSPS) is 11.0. The van der Waals surface area contributed by atoms with Gasteiger partial charge in [0.1, 0.15) is 0 Å². The molecule has 0 heterocycles. The van der Waals surface area contributed by atoms with Crippen molar-refractivity contribution < 1.29 is 19.7 Å². The summed E-state index contributed by atoms with van der Waals surface area (Å²) in [6.45, 7) is 0.945. The molecule has 0 saturated carbocycles. The number of ether oxygens (including phenoxy) is 2. The molecule has 74 valence electrons. The molecule has 0 aromatic carbocycles. The Morgan fingerprint density at radius 3 is 1.75 bits per heavy atom. The minimum Gasteiger partial charge on any atom is -0.396 e. The second-order valence-electron chi connectivity index (χ2n) is 2.26. The van der Waals surface area contributed by atoms with Gasteiger partial charge in [0.05, 0.1) is 13.2 Å². The summed E-state index contributed by atoms with van der Waals surface area (Å²) in [7, 11) is 0. The van der Waals surface area contributed by atoms with Gasteiger partial charge in [-0.25, -0.2) is 0 Å². The number of nitrogens with two attached hydrogens (primary N) is 1. The number of aliphatic hydroxyl groups is 2. The Hall–Kier alpha value is -0.200. The van der Waals surface area contributed by atoms with Gasteiger partial charge in [-0.2, -0.15) is 0 Å². The summed E-state index contributed by atoms with van der Waals surface area (Å²) in [6, 6.07) is 0. The van der Waals surface area contributed by atoms with E-state index < -0.39 is 6.41 Å². The van der Waals surface area contributed by atoms with Crippen LogP contribution in [0.5, 0.6) is 0 Å². The van der Waals surface area contributed by atoms with Gasteiger partial charge in [-0.05, 0) is 12.8 Å². The largest absolute Gasteiger partial charge is 0.396 e. The van der Waals surface area contributed by atoms with E-state index in [1.807, 2.05) is 0 Å². The Bertz CT molecular complexity index is 81.5. The molecule has 0 aliphatic carbocycles. The minimum absolute atomic E-state index is 0.0867. The van der Waals surface area contributed by atoms with E-state index in [0.717, 1.165) is 0 Å². The third-order valence-electron chi connectivity index (χ3n) is 1.17. The first-order valence-electron chi connectivity index (χ1n) is 4.01. The van der Waals surface area contributed by atoms with Crippen LogP contribution >= 0.6 is 0 Å². The first-order valence-corrected chi connectivity index (χ1v) is 4.01. The number of hydrogen-bond acceptors (Lipinski definition) is 5. The van der Waals surface area contributed by atoms with E-state index in [4.69, 9.17) is 25.4 Å². The lowest BCUT2D eigenvalue weighted by Gasteiger charge is -2.12. The molecule has 0 bridgehead atoms. The third kappa shape index (κ3) is 7.90. The molecule has 0 spiro atoms. The molecule has 0 aliphatic heterocycles. The molecule has 12 heavy (non-hydrogen) atoms. The van der Waals surface area contributed by atoms with Crippen molar-refractivity contribution in [1.29, 1.82) is 0 Å². The second kappa shape index (κ2) is 8.89. The van der Waals surface area contributed by atoms with E-state index >= 15 is 0 Å². The smallest absolute Gasteiger partial charge is 0.213 e. The highest BCUT2D eigenvalue weighted by Crippen LogP contribution is 1.90. The zero-order valence-corrected chi connectivity index (χ0v) is 7.11. The molecule has 5 heteroatoms. The Morgan fingerprint density at radius 1 is 1.00 bits per heavy atom. The van der Waals surface area contributed by atoms with Gasteiger partial charge in [-0.15, -0.1) is 0 Å². The quantitative estimate of drug-likeness (QED) is 0.329. The zero-order chi connectivity index (χ0) is 9.23. The van der Waals surface area contributed by atoms with Gasteiger partial charge in [0.25, 0.3) is 0 Å². The molecule has 0 rings (SSSR count). The van der Waals surface area contributed by atoms with Crippen molar-refractivity contribution >= 4 is 0 Å². The fourth-order valence-electron chi connectivity index (χ4n) is 0.576. The minimum atomic E-state index is -0.747. The topological polar surface area (TPSA) is 84.9 Å². The molecule has 0 amide bonds. The lowest BCUT2D eigenvalue weighted by molar-refractivity contribution is -0.141. The lowest BCUT2D eigenvalue weighted by Crippen LogP contribution is -2.28. The van der Waals surface area contributed by atoms with Crippen LogP contribution in [-0.2, 0) is 9.47 Å². The fraction of sp³-hybridized carbons (Fsp3) is 1.00. The van der Waals surface area contributed by atoms with Gasteiger partial charge in [0, 0.05) is 13.2 Å². The molecule has 0 fully saturated rings. The van der Waals surface area contributed by atoms with E-state index in [2.05, 4.69) is 0 Å². The molecule has 5 nitrogen and oxygen atoms in total. The van der Waals surface area contributed by atoms with Crippen molar-refractivity contribution in [3.63, 3.8) is 0 Å². The molecule has 0 aliphatic rings.